The van der Waals surface area contributed by atoms with Gasteiger partial charge in [0.2, 0.25) is 5.91 Å². The Hall–Kier alpha value is -3.50. The minimum absolute atomic E-state index is 0.174. The summed E-state index contributed by atoms with van der Waals surface area (Å²) in [5.41, 5.74) is 4.20. The molecular formula is C35H46ClN9O. The molecule has 3 N–H and O–H groups in total. The lowest BCUT2D eigenvalue weighted by Crippen LogP contribution is -2.55. The topological polar surface area (TPSA) is 117 Å². The van der Waals surface area contributed by atoms with Gasteiger partial charge in [-0.05, 0) is 105 Å². The van der Waals surface area contributed by atoms with Crippen LogP contribution in [0.5, 0.6) is 0 Å². The summed E-state index contributed by atoms with van der Waals surface area (Å²) in [5, 5.41) is 23.7. The Morgan fingerprint density at radius 2 is 1.74 bits per heavy atom. The maximum absolute atomic E-state index is 14.3. The van der Waals surface area contributed by atoms with Crippen molar-refractivity contribution in [3.05, 3.63) is 65.7 Å². The highest BCUT2D eigenvalue weighted by atomic mass is 35.5. The maximum Gasteiger partial charge on any atom is 0.240 e. The van der Waals surface area contributed by atoms with E-state index in [0.717, 1.165) is 85.5 Å². The molecule has 1 atom stereocenters. The number of hydrogen-bond acceptors (Lipinski definition) is 7. The number of aromatic nitrogens is 6. The normalized spacial score (nSPS) is 22.9. The van der Waals surface area contributed by atoms with Crippen LogP contribution in [0.3, 0.4) is 0 Å². The number of carbonyl (C=O) groups excluding carboxylic acids is 1. The van der Waals surface area contributed by atoms with Crippen LogP contribution < -0.4 is 10.6 Å². The number of benzene rings is 2. The summed E-state index contributed by atoms with van der Waals surface area (Å²) in [6.45, 7) is 2.50. The Morgan fingerprint density at radius 1 is 0.978 bits per heavy atom. The van der Waals surface area contributed by atoms with Crippen LogP contribution >= 0.6 is 11.6 Å². The number of piperidine rings is 1. The van der Waals surface area contributed by atoms with Gasteiger partial charge in [-0.2, -0.15) is 5.10 Å². The standard InChI is InChI=1S/C35H46ClN9O/c36-27-8-6-25(7-9-27)20-33(40-29-12-10-28(11-13-29)39-30-14-15-31-32(21-30)42-43-41-31)34(46)44-18-16-35(17-19-44,22-45-24-37-23-38-45)26-4-2-1-3-5-26/h6-9,14-15,21,23-24,26,28-29,33,39-40H,1-5,10-13,16-20,22H2,(H,41,42,43)/t28?,29?,33-/m1/s1. The molecule has 4 aromatic rings. The first-order chi connectivity index (χ1) is 22.5. The molecule has 11 heteroatoms. The number of nitrogens with zero attached hydrogens (tertiary/aromatic N) is 6. The van der Waals surface area contributed by atoms with Crippen LogP contribution in [-0.2, 0) is 17.8 Å². The zero-order chi connectivity index (χ0) is 31.3. The third-order valence-corrected chi connectivity index (χ3v) is 11.2. The molecule has 0 bridgehead atoms. The van der Waals surface area contributed by atoms with E-state index >= 15 is 0 Å². The number of carbonyl (C=O) groups is 1. The number of rotatable bonds is 10. The molecule has 2 aromatic carbocycles. The fourth-order valence-electron chi connectivity index (χ4n) is 8.37. The van der Waals surface area contributed by atoms with Crippen LogP contribution in [0.1, 0.15) is 76.2 Å². The van der Waals surface area contributed by atoms with Crippen molar-refractivity contribution in [1.29, 1.82) is 0 Å². The smallest absolute Gasteiger partial charge is 0.240 e. The molecule has 0 radical (unpaired) electrons. The van der Waals surface area contributed by atoms with Gasteiger partial charge in [0.05, 0.1) is 11.6 Å². The Bertz CT molecular complexity index is 1550. The molecule has 0 spiro atoms. The molecule has 1 amide bonds. The quantitative estimate of drug-likeness (QED) is 0.194. The number of H-pyrrole nitrogens is 1. The van der Waals surface area contributed by atoms with Gasteiger partial charge in [0.1, 0.15) is 18.2 Å². The average Bonchev–Trinajstić information content (AvgIpc) is 3.79. The summed E-state index contributed by atoms with van der Waals surface area (Å²) in [7, 11) is 0. The molecule has 2 aliphatic carbocycles. The van der Waals surface area contributed by atoms with Crippen molar-refractivity contribution in [2.45, 2.75) is 102 Å². The fourth-order valence-corrected chi connectivity index (χ4v) is 8.50. The molecule has 244 valence electrons. The van der Waals surface area contributed by atoms with Gasteiger partial charge in [0.25, 0.3) is 0 Å². The summed E-state index contributed by atoms with van der Waals surface area (Å²) in [4.78, 5) is 20.7. The Labute approximate surface area is 276 Å². The highest BCUT2D eigenvalue weighted by Crippen LogP contribution is 2.47. The largest absolute Gasteiger partial charge is 0.382 e. The van der Waals surface area contributed by atoms with E-state index in [4.69, 9.17) is 11.6 Å². The van der Waals surface area contributed by atoms with E-state index in [0.29, 0.717) is 24.4 Å². The van der Waals surface area contributed by atoms with Crippen LogP contribution in [0.25, 0.3) is 11.0 Å². The summed E-state index contributed by atoms with van der Waals surface area (Å²) in [5.74, 6) is 0.918. The van der Waals surface area contributed by atoms with Crippen LogP contribution in [-0.4, -0.2) is 72.2 Å². The zero-order valence-corrected chi connectivity index (χ0v) is 27.3. The number of anilines is 1. The first-order valence-electron chi connectivity index (χ1n) is 17.2. The van der Waals surface area contributed by atoms with E-state index in [1.807, 2.05) is 29.2 Å². The van der Waals surface area contributed by atoms with Crippen molar-refractivity contribution in [3.63, 3.8) is 0 Å². The monoisotopic (exact) mass is 643 g/mol. The van der Waals surface area contributed by atoms with E-state index in [1.165, 1.54) is 32.1 Å². The van der Waals surface area contributed by atoms with Crippen molar-refractivity contribution >= 4 is 34.2 Å². The lowest BCUT2D eigenvalue weighted by Gasteiger charge is -2.48. The number of amides is 1. The lowest BCUT2D eigenvalue weighted by atomic mass is 9.63. The van der Waals surface area contributed by atoms with E-state index in [2.05, 4.69) is 65.3 Å². The highest BCUT2D eigenvalue weighted by Gasteiger charge is 2.44. The van der Waals surface area contributed by atoms with E-state index in [-0.39, 0.29) is 17.4 Å². The number of hydrogen-bond donors (Lipinski definition) is 3. The first-order valence-corrected chi connectivity index (χ1v) is 17.6. The molecule has 3 fully saturated rings. The summed E-state index contributed by atoms with van der Waals surface area (Å²) in [6, 6.07) is 14.6. The van der Waals surface area contributed by atoms with Crippen LogP contribution in [0, 0.1) is 11.3 Å². The minimum atomic E-state index is -0.261. The summed E-state index contributed by atoms with van der Waals surface area (Å²) < 4.78 is 2.02. The molecule has 3 heterocycles. The van der Waals surface area contributed by atoms with E-state index in [9.17, 15) is 4.79 Å². The van der Waals surface area contributed by atoms with Gasteiger partial charge in [-0.3, -0.25) is 14.6 Å². The zero-order valence-electron chi connectivity index (χ0n) is 26.6. The first kappa shape index (κ1) is 31.1. The van der Waals surface area contributed by atoms with Gasteiger partial charge in [-0.25, -0.2) is 4.98 Å². The van der Waals surface area contributed by atoms with Crippen LogP contribution in [0.4, 0.5) is 5.69 Å². The minimum Gasteiger partial charge on any atom is -0.382 e. The predicted octanol–water partition coefficient (Wildman–Crippen LogP) is 6.02. The lowest BCUT2D eigenvalue weighted by molar-refractivity contribution is -0.137. The molecule has 7 rings (SSSR count). The second kappa shape index (κ2) is 14.1. The molecule has 10 nitrogen and oxygen atoms in total. The van der Waals surface area contributed by atoms with Gasteiger partial charge in [0.15, 0.2) is 0 Å². The SMILES string of the molecule is O=C([C@@H](Cc1ccc(Cl)cc1)NC1CCC(Nc2ccc3[nH]nnc3c2)CC1)N1CCC(Cn2cncn2)(C2CCCCC2)CC1. The Balaban J connectivity index is 1.00. The highest BCUT2D eigenvalue weighted by molar-refractivity contribution is 6.30. The van der Waals surface area contributed by atoms with Crippen molar-refractivity contribution in [3.8, 4) is 0 Å². The molecular weight excluding hydrogens is 598 g/mol. The van der Waals surface area contributed by atoms with Crippen LogP contribution in [0.15, 0.2) is 55.1 Å². The average molecular weight is 644 g/mol. The van der Waals surface area contributed by atoms with Crippen LogP contribution in [0.2, 0.25) is 5.02 Å². The van der Waals surface area contributed by atoms with E-state index < -0.39 is 0 Å². The van der Waals surface area contributed by atoms with Crippen molar-refractivity contribution in [1.82, 2.24) is 40.4 Å². The van der Waals surface area contributed by atoms with Gasteiger partial charge in [-0.15, -0.1) is 5.10 Å². The third kappa shape index (κ3) is 7.23. The second-order valence-electron chi connectivity index (χ2n) is 13.9. The summed E-state index contributed by atoms with van der Waals surface area (Å²) >= 11 is 6.21. The summed E-state index contributed by atoms with van der Waals surface area (Å²) in [6.07, 6.45) is 16.9. The number of likely N-dealkylation sites (tertiary alicyclic amines) is 1. The predicted molar refractivity (Wildman–Crippen MR) is 180 cm³/mol. The fraction of sp³-hybridized carbons (Fsp3) is 0.571. The number of halogens is 1. The van der Waals surface area contributed by atoms with Crippen molar-refractivity contribution in [2.24, 2.45) is 11.3 Å². The van der Waals surface area contributed by atoms with E-state index in [1.54, 1.807) is 6.33 Å². The van der Waals surface area contributed by atoms with Gasteiger partial charge < -0.3 is 15.5 Å². The number of nitrogens with one attached hydrogen (secondary N) is 3. The molecule has 46 heavy (non-hydrogen) atoms. The molecule has 0 unspecified atom stereocenters. The molecule has 1 aliphatic heterocycles. The van der Waals surface area contributed by atoms with Crippen molar-refractivity contribution in [2.75, 3.05) is 18.4 Å². The number of aromatic amines is 1. The second-order valence-corrected chi connectivity index (χ2v) is 14.3. The molecule has 3 aliphatic rings. The van der Waals surface area contributed by atoms with Gasteiger partial charge in [-0.1, -0.05) is 48.2 Å². The van der Waals surface area contributed by atoms with Gasteiger partial charge in [0, 0.05) is 42.4 Å². The Kier molecular flexibility index (Phi) is 9.53. The van der Waals surface area contributed by atoms with Gasteiger partial charge >= 0.3 is 0 Å². The molecule has 2 aromatic heterocycles. The maximum atomic E-state index is 14.3. The molecule has 2 saturated carbocycles. The third-order valence-electron chi connectivity index (χ3n) is 11.0. The molecule has 1 saturated heterocycles. The number of fused-ring (bicyclic) bond motifs is 1. The van der Waals surface area contributed by atoms with Crippen molar-refractivity contribution < 1.29 is 4.79 Å². The Morgan fingerprint density at radius 3 is 2.48 bits per heavy atom.